The number of nitrogens with zero attached hydrogens (tertiary/aromatic N) is 3. The monoisotopic (exact) mass is 381 g/mol. The number of aliphatic hydroxyl groups excluding tert-OH is 1. The van der Waals surface area contributed by atoms with Crippen molar-refractivity contribution in [3.05, 3.63) is 57.8 Å². The summed E-state index contributed by atoms with van der Waals surface area (Å²) >= 11 is 12.1. The summed E-state index contributed by atoms with van der Waals surface area (Å²) in [6, 6.07) is 2.39. The smallest absolute Gasteiger partial charge is 0.289 e. The fourth-order valence-electron chi connectivity index (χ4n) is 3.05. The molecule has 3 rings (SSSR count). The van der Waals surface area contributed by atoms with Gasteiger partial charge in [0.1, 0.15) is 5.75 Å². The molecule has 0 bridgehead atoms. The molecule has 1 aromatic carbocycles. The lowest BCUT2D eigenvalue weighted by Gasteiger charge is -2.27. The van der Waals surface area contributed by atoms with Gasteiger partial charge in [-0.25, -0.2) is 4.98 Å². The largest absolute Gasteiger partial charge is 0.506 e. The van der Waals surface area contributed by atoms with Crippen LogP contribution in [0.25, 0.3) is 0 Å². The van der Waals surface area contributed by atoms with Crippen LogP contribution in [0.15, 0.2) is 42.2 Å². The highest BCUT2D eigenvalue weighted by Gasteiger charge is 2.39. The molecule has 0 radical (unpaired) electrons. The predicted molar refractivity (Wildman–Crippen MR) is 94.8 cm³/mol. The van der Waals surface area contributed by atoms with Gasteiger partial charge in [0.05, 0.1) is 17.4 Å². The quantitative estimate of drug-likeness (QED) is 0.827. The van der Waals surface area contributed by atoms with E-state index in [9.17, 15) is 15.0 Å². The molecule has 25 heavy (non-hydrogen) atoms. The van der Waals surface area contributed by atoms with Gasteiger partial charge in [0, 0.05) is 41.6 Å². The van der Waals surface area contributed by atoms with Crippen LogP contribution in [-0.4, -0.2) is 37.1 Å². The van der Waals surface area contributed by atoms with Gasteiger partial charge in [0.15, 0.2) is 5.76 Å². The van der Waals surface area contributed by atoms with Crippen molar-refractivity contribution in [2.45, 2.75) is 25.9 Å². The van der Waals surface area contributed by atoms with Crippen LogP contribution in [0.4, 0.5) is 0 Å². The number of hydrogen-bond donors (Lipinski definition) is 2. The first-order valence-corrected chi connectivity index (χ1v) is 8.50. The lowest BCUT2D eigenvalue weighted by atomic mass is 9.99. The first-order valence-electron chi connectivity index (χ1n) is 7.74. The third-order valence-electron chi connectivity index (χ3n) is 4.29. The number of aryl methyl sites for hydroxylation is 1. The summed E-state index contributed by atoms with van der Waals surface area (Å²) in [7, 11) is 0. The molecule has 1 unspecified atom stereocenters. The van der Waals surface area contributed by atoms with Crippen molar-refractivity contribution in [1.29, 1.82) is 0 Å². The lowest BCUT2D eigenvalue weighted by molar-refractivity contribution is -0.129. The Hall–Kier alpha value is -2.18. The topological polar surface area (TPSA) is 78.6 Å². The number of carbonyl (C=O) groups is 1. The highest BCUT2D eigenvalue weighted by molar-refractivity contribution is 6.35. The molecule has 8 heteroatoms. The van der Waals surface area contributed by atoms with E-state index in [1.54, 1.807) is 25.5 Å². The van der Waals surface area contributed by atoms with Gasteiger partial charge < -0.3 is 19.7 Å². The van der Waals surface area contributed by atoms with E-state index < -0.39 is 11.9 Å². The van der Waals surface area contributed by atoms with Crippen LogP contribution < -0.4 is 0 Å². The second kappa shape index (κ2) is 6.98. The van der Waals surface area contributed by atoms with Crippen LogP contribution in [0.5, 0.6) is 5.75 Å². The highest BCUT2D eigenvalue weighted by Crippen LogP contribution is 2.44. The van der Waals surface area contributed by atoms with Crippen molar-refractivity contribution in [1.82, 2.24) is 14.5 Å². The van der Waals surface area contributed by atoms with Crippen molar-refractivity contribution in [2.75, 3.05) is 6.54 Å². The first kappa shape index (κ1) is 17.6. The number of halogens is 2. The summed E-state index contributed by atoms with van der Waals surface area (Å²) in [6.07, 6.45) is 5.89. The van der Waals surface area contributed by atoms with Crippen molar-refractivity contribution < 1.29 is 15.0 Å². The molecule has 1 aliphatic heterocycles. The molecule has 1 aliphatic rings. The van der Waals surface area contributed by atoms with E-state index in [0.717, 1.165) is 0 Å². The third kappa shape index (κ3) is 3.32. The average Bonchev–Trinajstić information content (AvgIpc) is 3.15. The number of aromatic nitrogens is 2. The maximum Gasteiger partial charge on any atom is 0.289 e. The Balaban J connectivity index is 1.87. The number of amides is 1. The minimum atomic E-state index is -0.605. The Morgan fingerprint density at radius 3 is 2.68 bits per heavy atom. The molecule has 6 nitrogen and oxygen atoms in total. The van der Waals surface area contributed by atoms with Crippen LogP contribution in [0.2, 0.25) is 10.0 Å². The standard InChI is InChI=1S/C17H17Cl2N3O3/c1-10-14(12-7-11(18)8-13(19)16(12)24)22(17(25)15(10)23)5-2-4-21-6-3-20-9-21/h3,6-9,14,23-24H,2,4-5H2,1H3. The van der Waals surface area contributed by atoms with Crippen molar-refractivity contribution in [2.24, 2.45) is 0 Å². The van der Waals surface area contributed by atoms with Crippen molar-refractivity contribution in [3.8, 4) is 5.75 Å². The van der Waals surface area contributed by atoms with E-state index in [2.05, 4.69) is 4.98 Å². The maximum absolute atomic E-state index is 12.4. The summed E-state index contributed by atoms with van der Waals surface area (Å²) in [6.45, 7) is 2.73. The minimum absolute atomic E-state index is 0.104. The maximum atomic E-state index is 12.4. The average molecular weight is 382 g/mol. The molecular formula is C17H17Cl2N3O3. The molecule has 1 aromatic heterocycles. The molecule has 1 atom stereocenters. The van der Waals surface area contributed by atoms with Crippen molar-refractivity contribution in [3.63, 3.8) is 0 Å². The second-order valence-corrected chi connectivity index (χ2v) is 6.76. The van der Waals surface area contributed by atoms with Gasteiger partial charge >= 0.3 is 0 Å². The molecule has 1 amide bonds. The number of benzene rings is 1. The Bertz CT molecular complexity index is 834. The predicted octanol–water partition coefficient (Wildman–Crippen LogP) is 3.70. The molecular weight excluding hydrogens is 365 g/mol. The normalized spacial score (nSPS) is 17.6. The zero-order valence-corrected chi connectivity index (χ0v) is 15.0. The number of imidazole rings is 1. The van der Waals surface area contributed by atoms with E-state index in [4.69, 9.17) is 23.2 Å². The fourth-order valence-corrected chi connectivity index (χ4v) is 3.56. The van der Waals surface area contributed by atoms with Crippen LogP contribution in [-0.2, 0) is 11.3 Å². The summed E-state index contributed by atoms with van der Waals surface area (Å²) in [4.78, 5) is 17.9. The zero-order valence-electron chi connectivity index (χ0n) is 13.5. The summed E-state index contributed by atoms with van der Waals surface area (Å²) < 4.78 is 1.91. The van der Waals surface area contributed by atoms with Gasteiger partial charge in [-0.15, -0.1) is 0 Å². The van der Waals surface area contributed by atoms with E-state index in [0.29, 0.717) is 35.7 Å². The minimum Gasteiger partial charge on any atom is -0.506 e. The van der Waals surface area contributed by atoms with Gasteiger partial charge in [-0.2, -0.15) is 0 Å². The first-order chi connectivity index (χ1) is 11.9. The van der Waals surface area contributed by atoms with E-state index in [-0.39, 0.29) is 16.5 Å². The Morgan fingerprint density at radius 2 is 2.00 bits per heavy atom. The molecule has 2 N–H and O–H groups in total. The molecule has 2 aromatic rings. The van der Waals surface area contributed by atoms with Crippen LogP contribution in [0.3, 0.4) is 0 Å². The fraction of sp³-hybridized carbons (Fsp3) is 0.294. The zero-order chi connectivity index (χ0) is 18.1. The Labute approximate surface area is 154 Å². The molecule has 0 aliphatic carbocycles. The Morgan fingerprint density at radius 1 is 1.24 bits per heavy atom. The summed E-state index contributed by atoms with van der Waals surface area (Å²) in [5, 5.41) is 20.9. The van der Waals surface area contributed by atoms with E-state index in [1.807, 2.05) is 10.8 Å². The second-order valence-electron chi connectivity index (χ2n) is 5.91. The lowest BCUT2D eigenvalue weighted by Crippen LogP contribution is -2.31. The number of phenolic OH excluding ortho intramolecular Hbond substituents is 1. The van der Waals surface area contributed by atoms with Gasteiger partial charge in [-0.3, -0.25) is 4.79 Å². The van der Waals surface area contributed by atoms with E-state index in [1.165, 1.54) is 11.0 Å². The number of aliphatic hydroxyl groups is 1. The molecule has 0 spiro atoms. The van der Waals surface area contributed by atoms with Gasteiger partial charge in [0.25, 0.3) is 5.91 Å². The number of carbonyl (C=O) groups excluding carboxylic acids is 1. The molecule has 2 heterocycles. The van der Waals surface area contributed by atoms with Gasteiger partial charge in [-0.05, 0) is 25.5 Å². The summed E-state index contributed by atoms with van der Waals surface area (Å²) in [5.41, 5.74) is 0.858. The molecule has 0 saturated heterocycles. The highest BCUT2D eigenvalue weighted by atomic mass is 35.5. The SMILES string of the molecule is CC1=C(O)C(=O)N(CCCn2ccnc2)C1c1cc(Cl)cc(Cl)c1O. The van der Waals surface area contributed by atoms with E-state index >= 15 is 0 Å². The number of phenols is 1. The van der Waals surface area contributed by atoms with Crippen LogP contribution in [0.1, 0.15) is 24.9 Å². The molecule has 132 valence electrons. The van der Waals surface area contributed by atoms with Crippen molar-refractivity contribution >= 4 is 29.1 Å². The van der Waals surface area contributed by atoms with Crippen LogP contribution >= 0.6 is 23.2 Å². The number of aromatic hydroxyl groups is 1. The Kier molecular flexibility index (Phi) is 4.92. The number of hydrogen-bond acceptors (Lipinski definition) is 4. The molecule has 0 saturated carbocycles. The summed E-state index contributed by atoms with van der Waals surface area (Å²) in [5.74, 6) is -0.913. The van der Waals surface area contributed by atoms with Crippen LogP contribution in [0, 0.1) is 0 Å². The third-order valence-corrected chi connectivity index (χ3v) is 4.79. The molecule has 0 fully saturated rings. The van der Waals surface area contributed by atoms with Gasteiger partial charge in [-0.1, -0.05) is 23.2 Å². The van der Waals surface area contributed by atoms with Gasteiger partial charge in [0.2, 0.25) is 0 Å². The number of rotatable bonds is 5.